The van der Waals surface area contributed by atoms with E-state index in [1.165, 1.54) is 35.3 Å². The van der Waals surface area contributed by atoms with Gasteiger partial charge in [-0.25, -0.2) is 9.78 Å². The van der Waals surface area contributed by atoms with Gasteiger partial charge in [-0.15, -0.1) is 0 Å². The smallest absolute Gasteiger partial charge is 0.356 e. The molecule has 0 saturated heterocycles. The molecule has 1 heterocycles. The Morgan fingerprint density at radius 1 is 1.53 bits per heavy atom. The van der Waals surface area contributed by atoms with Gasteiger partial charge in [0.25, 0.3) is 5.69 Å². The van der Waals surface area contributed by atoms with E-state index < -0.39 is 10.9 Å². The summed E-state index contributed by atoms with van der Waals surface area (Å²) in [6.45, 7) is 0. The molecule has 19 heavy (non-hydrogen) atoms. The molecule has 0 spiro atoms. The zero-order chi connectivity index (χ0) is 14.0. The molecule has 0 atom stereocenters. The van der Waals surface area contributed by atoms with Gasteiger partial charge in [0.1, 0.15) is 18.0 Å². The lowest BCUT2D eigenvalue weighted by molar-refractivity contribution is -0.385. The number of rotatable bonds is 3. The number of aromatic carboxylic acids is 1. The lowest BCUT2D eigenvalue weighted by atomic mass is 10.2. The fourth-order valence-electron chi connectivity index (χ4n) is 1.50. The number of nitro groups is 1. The first kappa shape index (κ1) is 12.3. The first-order chi connectivity index (χ1) is 9.02. The highest BCUT2D eigenvalue weighted by Gasteiger charge is 2.15. The normalized spacial score (nSPS) is 9.84. The van der Waals surface area contributed by atoms with E-state index in [0.717, 1.165) is 0 Å². The second-order valence-corrected chi connectivity index (χ2v) is 3.54. The minimum absolute atomic E-state index is 0.0627. The van der Waals surface area contributed by atoms with Crippen molar-refractivity contribution in [3.8, 4) is 11.8 Å². The van der Waals surface area contributed by atoms with E-state index in [4.69, 9.17) is 10.4 Å². The van der Waals surface area contributed by atoms with Gasteiger partial charge in [0, 0.05) is 12.3 Å². The molecule has 1 aromatic carbocycles. The Kier molecular flexibility index (Phi) is 2.95. The third-order valence-corrected chi connectivity index (χ3v) is 2.40. The van der Waals surface area contributed by atoms with Crippen LogP contribution in [0.25, 0.3) is 5.69 Å². The molecule has 1 aromatic heterocycles. The van der Waals surface area contributed by atoms with Crippen molar-refractivity contribution < 1.29 is 14.8 Å². The number of carboxylic acid groups (broad SMARTS) is 1. The standard InChI is InChI=1S/C11H6N4O4/c12-4-7-1-2-8(3-10(7)15(18)19)14-5-9(11(16)17)13-6-14/h1-3,5-6H,(H,16,17). The van der Waals surface area contributed by atoms with Gasteiger partial charge in [-0.1, -0.05) is 0 Å². The molecule has 0 aliphatic carbocycles. The first-order valence-electron chi connectivity index (χ1n) is 4.99. The Labute approximate surface area is 106 Å². The van der Waals surface area contributed by atoms with Crippen LogP contribution in [-0.2, 0) is 0 Å². The maximum Gasteiger partial charge on any atom is 0.356 e. The average molecular weight is 258 g/mol. The van der Waals surface area contributed by atoms with Gasteiger partial charge in [0.05, 0.1) is 10.6 Å². The van der Waals surface area contributed by atoms with Crippen LogP contribution < -0.4 is 0 Å². The van der Waals surface area contributed by atoms with Crippen molar-refractivity contribution >= 4 is 11.7 Å². The molecular formula is C11H6N4O4. The van der Waals surface area contributed by atoms with Crippen LogP contribution in [0.5, 0.6) is 0 Å². The molecule has 94 valence electrons. The summed E-state index contributed by atoms with van der Waals surface area (Å²) in [5, 5.41) is 28.3. The van der Waals surface area contributed by atoms with E-state index >= 15 is 0 Å². The van der Waals surface area contributed by atoms with Crippen LogP contribution in [0.1, 0.15) is 16.1 Å². The van der Waals surface area contributed by atoms with Crippen LogP contribution in [0.4, 0.5) is 5.69 Å². The van der Waals surface area contributed by atoms with Crippen molar-refractivity contribution in [2.45, 2.75) is 0 Å². The molecule has 2 rings (SSSR count). The molecule has 8 nitrogen and oxygen atoms in total. The lowest BCUT2D eigenvalue weighted by Gasteiger charge is -2.02. The van der Waals surface area contributed by atoms with Gasteiger partial charge in [0.15, 0.2) is 5.69 Å². The number of nitro benzene ring substituents is 1. The Hall–Kier alpha value is -3.21. The summed E-state index contributed by atoms with van der Waals surface area (Å²) in [7, 11) is 0. The van der Waals surface area contributed by atoms with Crippen LogP contribution in [0.3, 0.4) is 0 Å². The van der Waals surface area contributed by atoms with Crippen molar-refractivity contribution in [3.63, 3.8) is 0 Å². The van der Waals surface area contributed by atoms with Crippen LogP contribution in [0.2, 0.25) is 0 Å². The maximum absolute atomic E-state index is 10.8. The summed E-state index contributed by atoms with van der Waals surface area (Å²) in [5.74, 6) is -1.19. The zero-order valence-corrected chi connectivity index (χ0v) is 9.35. The molecule has 8 heteroatoms. The molecule has 2 aromatic rings. The highest BCUT2D eigenvalue weighted by molar-refractivity contribution is 5.85. The number of carboxylic acids is 1. The van der Waals surface area contributed by atoms with Crippen molar-refractivity contribution in [2.24, 2.45) is 0 Å². The van der Waals surface area contributed by atoms with Gasteiger partial charge in [-0.05, 0) is 12.1 Å². The molecule has 0 saturated carbocycles. The number of carbonyl (C=O) groups is 1. The summed E-state index contributed by atoms with van der Waals surface area (Å²) in [4.78, 5) is 24.5. The Balaban J connectivity index is 2.51. The molecule has 0 aliphatic heterocycles. The maximum atomic E-state index is 10.8. The quantitative estimate of drug-likeness (QED) is 0.654. The van der Waals surface area contributed by atoms with E-state index in [1.54, 1.807) is 6.07 Å². The number of aromatic nitrogens is 2. The van der Waals surface area contributed by atoms with Crippen molar-refractivity contribution in [2.75, 3.05) is 0 Å². The van der Waals surface area contributed by atoms with Crippen molar-refractivity contribution in [1.82, 2.24) is 9.55 Å². The molecule has 0 amide bonds. The molecule has 0 bridgehead atoms. The van der Waals surface area contributed by atoms with Gasteiger partial charge in [-0.2, -0.15) is 5.26 Å². The monoisotopic (exact) mass is 258 g/mol. The number of nitrogens with zero attached hydrogens (tertiary/aromatic N) is 4. The average Bonchev–Trinajstić information content (AvgIpc) is 2.87. The Bertz CT molecular complexity index is 714. The molecular weight excluding hydrogens is 252 g/mol. The minimum atomic E-state index is -1.19. The van der Waals surface area contributed by atoms with Crippen LogP contribution in [0.15, 0.2) is 30.7 Å². The predicted molar refractivity (Wildman–Crippen MR) is 61.9 cm³/mol. The van der Waals surface area contributed by atoms with Crippen LogP contribution >= 0.6 is 0 Å². The Morgan fingerprint density at radius 3 is 2.79 bits per heavy atom. The fraction of sp³-hybridized carbons (Fsp3) is 0. The largest absolute Gasteiger partial charge is 0.476 e. The molecule has 0 unspecified atom stereocenters. The first-order valence-corrected chi connectivity index (χ1v) is 4.99. The van der Waals surface area contributed by atoms with Crippen molar-refractivity contribution in [3.05, 3.63) is 52.1 Å². The summed E-state index contributed by atoms with van der Waals surface area (Å²) >= 11 is 0. The molecule has 0 aliphatic rings. The summed E-state index contributed by atoms with van der Waals surface area (Å²) < 4.78 is 1.33. The predicted octanol–water partition coefficient (Wildman–Crippen LogP) is 1.35. The Morgan fingerprint density at radius 2 is 2.26 bits per heavy atom. The third kappa shape index (κ3) is 2.25. The van der Waals surface area contributed by atoms with Crippen molar-refractivity contribution in [1.29, 1.82) is 5.26 Å². The van der Waals surface area contributed by atoms with Gasteiger partial charge in [-0.3, -0.25) is 10.1 Å². The third-order valence-electron chi connectivity index (χ3n) is 2.40. The second kappa shape index (κ2) is 4.58. The fourth-order valence-corrected chi connectivity index (χ4v) is 1.50. The molecule has 1 N–H and O–H groups in total. The summed E-state index contributed by atoms with van der Waals surface area (Å²) in [6.07, 6.45) is 2.46. The number of benzene rings is 1. The summed E-state index contributed by atoms with van der Waals surface area (Å²) in [6, 6.07) is 5.68. The number of hydrogen-bond donors (Lipinski definition) is 1. The highest BCUT2D eigenvalue weighted by Crippen LogP contribution is 2.21. The van der Waals surface area contributed by atoms with E-state index in [1.807, 2.05) is 0 Å². The number of hydrogen-bond acceptors (Lipinski definition) is 5. The van der Waals surface area contributed by atoms with E-state index in [2.05, 4.69) is 4.98 Å². The number of nitriles is 1. The van der Waals surface area contributed by atoms with Gasteiger partial charge >= 0.3 is 5.97 Å². The van der Waals surface area contributed by atoms with Gasteiger partial charge < -0.3 is 9.67 Å². The lowest BCUT2D eigenvalue weighted by Crippen LogP contribution is -1.97. The van der Waals surface area contributed by atoms with E-state index in [-0.39, 0.29) is 16.9 Å². The topological polar surface area (TPSA) is 122 Å². The SMILES string of the molecule is N#Cc1ccc(-n2cnc(C(=O)O)c2)cc1[N+](=O)[O-]. The molecule has 0 radical (unpaired) electrons. The van der Waals surface area contributed by atoms with E-state index in [9.17, 15) is 14.9 Å². The minimum Gasteiger partial charge on any atom is -0.476 e. The molecule has 0 fully saturated rings. The summed E-state index contributed by atoms with van der Waals surface area (Å²) in [5.41, 5.74) is -0.226. The zero-order valence-electron chi connectivity index (χ0n) is 9.35. The van der Waals surface area contributed by atoms with E-state index in [0.29, 0.717) is 5.69 Å². The number of imidazole rings is 1. The second-order valence-electron chi connectivity index (χ2n) is 3.54. The highest BCUT2D eigenvalue weighted by atomic mass is 16.6. The van der Waals surface area contributed by atoms with Gasteiger partial charge in [0.2, 0.25) is 0 Å². The van der Waals surface area contributed by atoms with Crippen LogP contribution in [-0.4, -0.2) is 25.6 Å². The van der Waals surface area contributed by atoms with Crippen LogP contribution in [0, 0.1) is 21.4 Å².